The van der Waals surface area contributed by atoms with Gasteiger partial charge in [0.1, 0.15) is 6.04 Å². The van der Waals surface area contributed by atoms with E-state index in [-0.39, 0.29) is 5.97 Å². The van der Waals surface area contributed by atoms with Gasteiger partial charge in [-0.1, -0.05) is 6.92 Å². The van der Waals surface area contributed by atoms with E-state index in [0.29, 0.717) is 6.61 Å². The SMILES string of the molecule is CCCNC(C(=O)OCC)c1cn(C)nc1C. The maximum absolute atomic E-state index is 11.9. The van der Waals surface area contributed by atoms with Gasteiger partial charge in [-0.05, 0) is 26.8 Å². The number of hydrogen-bond donors (Lipinski definition) is 1. The Hall–Kier alpha value is -1.36. The molecule has 0 radical (unpaired) electrons. The minimum Gasteiger partial charge on any atom is -0.465 e. The van der Waals surface area contributed by atoms with Crippen molar-refractivity contribution >= 4 is 5.97 Å². The van der Waals surface area contributed by atoms with Gasteiger partial charge >= 0.3 is 5.97 Å². The van der Waals surface area contributed by atoms with Crippen molar-refractivity contribution in [3.63, 3.8) is 0 Å². The third-order valence-electron chi connectivity index (χ3n) is 2.48. The summed E-state index contributed by atoms with van der Waals surface area (Å²) in [6.07, 6.45) is 2.83. The van der Waals surface area contributed by atoms with Crippen LogP contribution >= 0.6 is 0 Å². The lowest BCUT2D eigenvalue weighted by Gasteiger charge is -2.16. The summed E-state index contributed by atoms with van der Waals surface area (Å²) < 4.78 is 6.79. The summed E-state index contributed by atoms with van der Waals surface area (Å²) in [5, 5.41) is 7.45. The number of carbonyl (C=O) groups is 1. The Morgan fingerprint density at radius 3 is 2.76 bits per heavy atom. The van der Waals surface area contributed by atoms with E-state index in [1.165, 1.54) is 0 Å². The summed E-state index contributed by atoms with van der Waals surface area (Å²) in [6, 6.07) is -0.413. The Balaban J connectivity index is 2.88. The molecule has 0 aromatic carbocycles. The first-order valence-electron chi connectivity index (χ1n) is 6.00. The highest BCUT2D eigenvalue weighted by Gasteiger charge is 2.24. The number of ether oxygens (including phenoxy) is 1. The molecular weight excluding hydrogens is 218 g/mol. The number of nitrogens with zero attached hydrogens (tertiary/aromatic N) is 2. The molecule has 0 saturated heterocycles. The molecule has 0 amide bonds. The summed E-state index contributed by atoms with van der Waals surface area (Å²) >= 11 is 0. The van der Waals surface area contributed by atoms with Crippen molar-refractivity contribution in [3.05, 3.63) is 17.5 Å². The van der Waals surface area contributed by atoms with Crippen molar-refractivity contribution in [1.29, 1.82) is 0 Å². The minimum absolute atomic E-state index is 0.239. The number of aromatic nitrogens is 2. The third kappa shape index (κ3) is 3.56. The van der Waals surface area contributed by atoms with E-state index in [1.54, 1.807) is 4.68 Å². The van der Waals surface area contributed by atoms with Gasteiger partial charge in [-0.25, -0.2) is 4.79 Å². The first-order valence-corrected chi connectivity index (χ1v) is 6.00. The zero-order chi connectivity index (χ0) is 12.8. The van der Waals surface area contributed by atoms with Crippen molar-refractivity contribution < 1.29 is 9.53 Å². The predicted molar refractivity (Wildman–Crippen MR) is 65.6 cm³/mol. The number of rotatable bonds is 6. The summed E-state index contributed by atoms with van der Waals surface area (Å²) in [5.41, 5.74) is 1.74. The molecule has 1 N–H and O–H groups in total. The molecule has 1 heterocycles. The van der Waals surface area contributed by atoms with Crippen LogP contribution < -0.4 is 5.32 Å². The van der Waals surface area contributed by atoms with E-state index in [2.05, 4.69) is 17.3 Å². The van der Waals surface area contributed by atoms with Crippen molar-refractivity contribution in [1.82, 2.24) is 15.1 Å². The Bertz CT molecular complexity index is 374. The van der Waals surface area contributed by atoms with Crippen LogP contribution in [-0.2, 0) is 16.6 Å². The van der Waals surface area contributed by atoms with Crippen LogP contribution in [-0.4, -0.2) is 28.9 Å². The molecule has 1 unspecified atom stereocenters. The lowest BCUT2D eigenvalue weighted by Crippen LogP contribution is -2.31. The number of nitrogens with one attached hydrogen (secondary N) is 1. The second-order valence-corrected chi connectivity index (χ2v) is 3.98. The first-order chi connectivity index (χ1) is 8.10. The summed E-state index contributed by atoms with van der Waals surface area (Å²) in [5.74, 6) is -0.239. The molecule has 96 valence electrons. The Morgan fingerprint density at radius 1 is 1.59 bits per heavy atom. The molecular formula is C12H21N3O2. The molecule has 1 atom stereocenters. The van der Waals surface area contributed by atoms with Crippen molar-refractivity contribution in [2.75, 3.05) is 13.2 Å². The molecule has 0 aliphatic carbocycles. The number of esters is 1. The minimum atomic E-state index is -0.413. The molecule has 5 nitrogen and oxygen atoms in total. The van der Waals surface area contributed by atoms with Gasteiger partial charge in [0.2, 0.25) is 0 Å². The highest BCUT2D eigenvalue weighted by molar-refractivity contribution is 5.77. The lowest BCUT2D eigenvalue weighted by atomic mass is 10.1. The van der Waals surface area contributed by atoms with Gasteiger partial charge in [0, 0.05) is 18.8 Å². The third-order valence-corrected chi connectivity index (χ3v) is 2.48. The number of carbonyl (C=O) groups excluding carboxylic acids is 1. The van der Waals surface area contributed by atoms with Crippen LogP contribution in [0.15, 0.2) is 6.20 Å². The Kier molecular flexibility index (Phi) is 5.15. The normalized spacial score (nSPS) is 12.5. The summed E-state index contributed by atoms with van der Waals surface area (Å²) in [6.45, 7) is 6.94. The van der Waals surface area contributed by atoms with E-state index in [0.717, 1.165) is 24.2 Å². The fourth-order valence-corrected chi connectivity index (χ4v) is 1.74. The van der Waals surface area contributed by atoms with Gasteiger partial charge < -0.3 is 10.1 Å². The van der Waals surface area contributed by atoms with Crippen LogP contribution in [0.1, 0.15) is 37.6 Å². The fourth-order valence-electron chi connectivity index (χ4n) is 1.74. The van der Waals surface area contributed by atoms with E-state index in [9.17, 15) is 4.79 Å². The highest BCUT2D eigenvalue weighted by atomic mass is 16.5. The molecule has 0 spiro atoms. The topological polar surface area (TPSA) is 56.1 Å². The molecule has 0 fully saturated rings. The highest BCUT2D eigenvalue weighted by Crippen LogP contribution is 2.17. The Morgan fingerprint density at radius 2 is 2.29 bits per heavy atom. The second kappa shape index (κ2) is 6.39. The molecule has 1 aromatic rings. The second-order valence-electron chi connectivity index (χ2n) is 3.98. The van der Waals surface area contributed by atoms with Crippen LogP contribution in [0.25, 0.3) is 0 Å². The molecule has 0 aliphatic rings. The van der Waals surface area contributed by atoms with Crippen LogP contribution in [0.2, 0.25) is 0 Å². The maximum atomic E-state index is 11.9. The molecule has 1 aromatic heterocycles. The van der Waals surface area contributed by atoms with E-state index in [4.69, 9.17) is 4.74 Å². The molecule has 0 aliphatic heterocycles. The van der Waals surface area contributed by atoms with Crippen LogP contribution in [0.5, 0.6) is 0 Å². The summed E-state index contributed by atoms with van der Waals surface area (Å²) in [4.78, 5) is 11.9. The van der Waals surface area contributed by atoms with E-state index >= 15 is 0 Å². The maximum Gasteiger partial charge on any atom is 0.327 e. The smallest absolute Gasteiger partial charge is 0.327 e. The first kappa shape index (κ1) is 13.7. The van der Waals surface area contributed by atoms with Gasteiger partial charge in [-0.15, -0.1) is 0 Å². The number of aryl methyl sites for hydroxylation is 2. The monoisotopic (exact) mass is 239 g/mol. The zero-order valence-electron chi connectivity index (χ0n) is 11.0. The van der Waals surface area contributed by atoms with E-state index in [1.807, 2.05) is 27.1 Å². The van der Waals surface area contributed by atoms with E-state index < -0.39 is 6.04 Å². The fraction of sp³-hybridized carbons (Fsp3) is 0.667. The Labute approximate surface area is 102 Å². The van der Waals surface area contributed by atoms with Gasteiger partial charge in [0.15, 0.2) is 0 Å². The van der Waals surface area contributed by atoms with Crippen molar-refractivity contribution in [2.45, 2.75) is 33.2 Å². The molecule has 0 bridgehead atoms. The van der Waals surface area contributed by atoms with Crippen LogP contribution in [0.3, 0.4) is 0 Å². The average molecular weight is 239 g/mol. The van der Waals surface area contributed by atoms with Crippen LogP contribution in [0, 0.1) is 6.92 Å². The summed E-state index contributed by atoms with van der Waals surface area (Å²) in [7, 11) is 1.85. The largest absolute Gasteiger partial charge is 0.465 e. The van der Waals surface area contributed by atoms with Crippen LogP contribution in [0.4, 0.5) is 0 Å². The quantitative estimate of drug-likeness (QED) is 0.761. The van der Waals surface area contributed by atoms with Gasteiger partial charge in [-0.2, -0.15) is 5.10 Å². The van der Waals surface area contributed by atoms with Crippen molar-refractivity contribution in [3.8, 4) is 0 Å². The standard InChI is InChI=1S/C12H21N3O2/c1-5-7-13-11(12(16)17-6-2)10-8-15(4)14-9(10)3/h8,11,13H,5-7H2,1-4H3. The van der Waals surface area contributed by atoms with Crippen molar-refractivity contribution in [2.24, 2.45) is 7.05 Å². The molecule has 17 heavy (non-hydrogen) atoms. The molecule has 0 saturated carbocycles. The van der Waals surface area contributed by atoms with Gasteiger partial charge in [-0.3, -0.25) is 4.68 Å². The van der Waals surface area contributed by atoms with Gasteiger partial charge in [0.05, 0.1) is 12.3 Å². The average Bonchev–Trinajstić information content (AvgIpc) is 2.59. The zero-order valence-corrected chi connectivity index (χ0v) is 11.0. The molecule has 5 heteroatoms. The lowest BCUT2D eigenvalue weighted by molar-refractivity contribution is -0.145. The predicted octanol–water partition coefficient (Wildman–Crippen LogP) is 1.33. The van der Waals surface area contributed by atoms with Gasteiger partial charge in [0.25, 0.3) is 0 Å². The number of hydrogen-bond acceptors (Lipinski definition) is 4. The molecule has 1 rings (SSSR count).